The fourth-order valence-corrected chi connectivity index (χ4v) is 8.65. The molecule has 1 saturated heterocycles. The van der Waals surface area contributed by atoms with Gasteiger partial charge in [0.1, 0.15) is 6.10 Å². The molecule has 2 aromatic rings. The van der Waals surface area contributed by atoms with Crippen molar-refractivity contribution in [1.29, 1.82) is 0 Å². The van der Waals surface area contributed by atoms with E-state index in [1.54, 1.807) is 0 Å². The molecule has 0 radical (unpaired) electrons. The van der Waals surface area contributed by atoms with Crippen LogP contribution >= 0.6 is 0 Å². The molecule has 3 rings (SSSR count). The van der Waals surface area contributed by atoms with Crippen molar-refractivity contribution in [3.05, 3.63) is 60.7 Å². The van der Waals surface area contributed by atoms with Gasteiger partial charge in [0.05, 0.1) is 6.10 Å². The van der Waals surface area contributed by atoms with Crippen molar-refractivity contribution in [2.75, 3.05) is 0 Å². The number of carbonyl (C=O) groups is 1. The maximum absolute atomic E-state index is 11.6. The third-order valence-corrected chi connectivity index (χ3v) is 10.3. The van der Waals surface area contributed by atoms with Crippen LogP contribution in [0, 0.1) is 0 Å². The van der Waals surface area contributed by atoms with E-state index in [9.17, 15) is 4.79 Å². The smallest absolute Gasteiger partial charge is 0.306 e. The first kappa shape index (κ1) is 18.9. The molecular formula is C22H28O3Si. The number of rotatable bonds is 5. The van der Waals surface area contributed by atoms with Crippen LogP contribution in [-0.2, 0) is 14.0 Å². The third kappa shape index (κ3) is 3.48. The molecule has 0 aromatic heterocycles. The maximum Gasteiger partial charge on any atom is 0.306 e. The lowest BCUT2D eigenvalue weighted by atomic mass is 10.2. The summed E-state index contributed by atoms with van der Waals surface area (Å²) in [6.07, 6.45) is 0.911. The van der Waals surface area contributed by atoms with Gasteiger partial charge in [-0.05, 0) is 28.8 Å². The molecule has 26 heavy (non-hydrogen) atoms. The van der Waals surface area contributed by atoms with Gasteiger partial charge in [0, 0.05) is 6.42 Å². The van der Waals surface area contributed by atoms with Gasteiger partial charge in [-0.2, -0.15) is 0 Å². The van der Waals surface area contributed by atoms with Gasteiger partial charge in [0.25, 0.3) is 8.32 Å². The van der Waals surface area contributed by atoms with E-state index in [0.717, 1.165) is 6.42 Å². The van der Waals surface area contributed by atoms with Crippen LogP contribution in [0.2, 0.25) is 5.04 Å². The predicted molar refractivity (Wildman–Crippen MR) is 107 cm³/mol. The lowest BCUT2D eigenvalue weighted by molar-refractivity contribution is -0.144. The molecule has 2 aromatic carbocycles. The fourth-order valence-electron chi connectivity index (χ4n) is 3.92. The highest BCUT2D eigenvalue weighted by molar-refractivity contribution is 6.99. The molecule has 1 unspecified atom stereocenters. The largest absolute Gasteiger partial charge is 0.460 e. The van der Waals surface area contributed by atoms with Gasteiger partial charge in [-0.25, -0.2) is 0 Å². The molecular weight excluding hydrogens is 340 g/mol. The molecule has 1 heterocycles. The normalized spacial score (nSPS) is 19.2. The van der Waals surface area contributed by atoms with Gasteiger partial charge in [0.2, 0.25) is 0 Å². The Morgan fingerprint density at radius 1 is 1.00 bits per heavy atom. The highest BCUT2D eigenvalue weighted by Crippen LogP contribution is 2.38. The van der Waals surface area contributed by atoms with E-state index in [2.05, 4.69) is 69.3 Å². The van der Waals surface area contributed by atoms with E-state index in [-0.39, 0.29) is 23.2 Å². The molecule has 2 atom stereocenters. The van der Waals surface area contributed by atoms with Crippen LogP contribution in [-0.4, -0.2) is 26.5 Å². The number of ether oxygens (including phenoxy) is 1. The van der Waals surface area contributed by atoms with E-state index in [1.165, 1.54) is 10.4 Å². The third-order valence-electron chi connectivity index (χ3n) is 5.22. The first-order valence-electron chi connectivity index (χ1n) is 9.33. The van der Waals surface area contributed by atoms with Crippen molar-refractivity contribution in [2.45, 2.75) is 57.8 Å². The molecule has 0 aliphatic carbocycles. The molecule has 0 bridgehead atoms. The molecule has 0 spiro atoms. The van der Waals surface area contributed by atoms with Crippen LogP contribution in [0.5, 0.6) is 0 Å². The van der Waals surface area contributed by atoms with Crippen molar-refractivity contribution in [3.63, 3.8) is 0 Å². The lowest BCUT2D eigenvalue weighted by Crippen LogP contribution is -2.68. The van der Waals surface area contributed by atoms with Crippen LogP contribution in [0.3, 0.4) is 0 Å². The molecule has 4 heteroatoms. The summed E-state index contributed by atoms with van der Waals surface area (Å²) in [5.41, 5.74) is 0. The zero-order valence-electron chi connectivity index (χ0n) is 16.1. The van der Waals surface area contributed by atoms with Crippen molar-refractivity contribution in [2.24, 2.45) is 0 Å². The molecule has 1 aliphatic rings. The van der Waals surface area contributed by atoms with Crippen molar-refractivity contribution in [1.82, 2.24) is 0 Å². The van der Waals surface area contributed by atoms with E-state index < -0.39 is 8.32 Å². The minimum absolute atomic E-state index is 0.0768. The Kier molecular flexibility index (Phi) is 5.35. The van der Waals surface area contributed by atoms with Gasteiger partial charge in [-0.3, -0.25) is 4.79 Å². The second kappa shape index (κ2) is 7.37. The molecule has 3 nitrogen and oxygen atoms in total. The summed E-state index contributed by atoms with van der Waals surface area (Å²) in [7, 11) is -2.59. The van der Waals surface area contributed by atoms with Crippen LogP contribution in [0.15, 0.2) is 60.7 Å². The quantitative estimate of drug-likeness (QED) is 0.597. The monoisotopic (exact) mass is 368 g/mol. The second-order valence-electron chi connectivity index (χ2n) is 8.05. The van der Waals surface area contributed by atoms with Crippen molar-refractivity contribution in [3.8, 4) is 0 Å². The molecule has 1 fully saturated rings. The summed E-state index contributed by atoms with van der Waals surface area (Å²) in [4.78, 5) is 11.6. The Morgan fingerprint density at radius 3 is 1.88 bits per heavy atom. The zero-order valence-corrected chi connectivity index (χ0v) is 17.1. The second-order valence-corrected chi connectivity index (χ2v) is 12.3. The lowest BCUT2D eigenvalue weighted by Gasteiger charge is -2.45. The van der Waals surface area contributed by atoms with Gasteiger partial charge < -0.3 is 9.16 Å². The summed E-state index contributed by atoms with van der Waals surface area (Å²) in [6, 6.07) is 21.1. The Balaban J connectivity index is 2.10. The Hall–Kier alpha value is -1.91. The van der Waals surface area contributed by atoms with Gasteiger partial charge in [-0.1, -0.05) is 81.4 Å². The van der Waals surface area contributed by atoms with Gasteiger partial charge in [-0.15, -0.1) is 0 Å². The van der Waals surface area contributed by atoms with Crippen LogP contribution in [0.4, 0.5) is 0 Å². The number of hydrogen-bond acceptors (Lipinski definition) is 3. The maximum atomic E-state index is 11.6. The summed E-state index contributed by atoms with van der Waals surface area (Å²) in [6.45, 7) is 8.81. The molecule has 138 valence electrons. The summed E-state index contributed by atoms with van der Waals surface area (Å²) < 4.78 is 12.5. The fraction of sp³-hybridized carbons (Fsp3) is 0.409. The SMILES string of the molecule is CC(O[Si](c1ccccc1)(c1ccccc1)C(C)(C)C)[C@@H]1CCC(=O)O1. The Bertz CT molecular complexity index is 697. The van der Waals surface area contributed by atoms with Crippen LogP contribution in [0.25, 0.3) is 0 Å². The number of benzene rings is 2. The average Bonchev–Trinajstić information content (AvgIpc) is 3.06. The first-order valence-corrected chi connectivity index (χ1v) is 11.2. The highest BCUT2D eigenvalue weighted by Gasteiger charge is 2.52. The average molecular weight is 369 g/mol. The predicted octanol–water partition coefficient (Wildman–Crippen LogP) is 3.66. The highest BCUT2D eigenvalue weighted by atomic mass is 28.4. The van der Waals surface area contributed by atoms with Gasteiger partial charge >= 0.3 is 5.97 Å². The summed E-state index contributed by atoms with van der Waals surface area (Å²) in [5, 5.41) is 2.41. The van der Waals surface area contributed by atoms with Crippen molar-refractivity contribution >= 4 is 24.7 Å². The first-order chi connectivity index (χ1) is 12.3. The van der Waals surface area contributed by atoms with Crippen LogP contribution in [0.1, 0.15) is 40.5 Å². The van der Waals surface area contributed by atoms with E-state index in [1.807, 2.05) is 19.1 Å². The molecule has 1 aliphatic heterocycles. The summed E-state index contributed by atoms with van der Waals surface area (Å²) in [5.74, 6) is -0.118. The topological polar surface area (TPSA) is 35.5 Å². The number of hydrogen-bond donors (Lipinski definition) is 0. The standard InChI is InChI=1S/C22H28O3Si/c1-17(20-15-16-21(23)24-20)25-26(22(2,3)4,18-11-7-5-8-12-18)19-13-9-6-10-14-19/h5-14,17,20H,15-16H2,1-4H3/t17?,20-/m0/s1. The van der Waals surface area contributed by atoms with E-state index >= 15 is 0 Å². The van der Waals surface area contributed by atoms with Crippen LogP contribution < -0.4 is 10.4 Å². The summed E-state index contributed by atoms with van der Waals surface area (Å²) >= 11 is 0. The van der Waals surface area contributed by atoms with E-state index in [0.29, 0.717) is 6.42 Å². The minimum Gasteiger partial charge on any atom is -0.460 e. The van der Waals surface area contributed by atoms with E-state index in [4.69, 9.17) is 9.16 Å². The van der Waals surface area contributed by atoms with Crippen molar-refractivity contribution < 1.29 is 14.0 Å². The number of cyclic esters (lactones) is 1. The Labute approximate surface area is 157 Å². The number of carbonyl (C=O) groups excluding carboxylic acids is 1. The van der Waals surface area contributed by atoms with Gasteiger partial charge in [0.15, 0.2) is 0 Å². The molecule has 0 saturated carbocycles. The Morgan fingerprint density at radius 2 is 1.50 bits per heavy atom. The molecule has 0 amide bonds. The minimum atomic E-state index is -2.59. The zero-order chi connectivity index (χ0) is 18.8. The number of esters is 1. The molecule has 0 N–H and O–H groups in total.